The fraction of sp³-hybridized carbons (Fsp3) is 0.364. The van der Waals surface area contributed by atoms with Gasteiger partial charge in [0.15, 0.2) is 11.8 Å². The zero-order valence-corrected chi connectivity index (χ0v) is 17.0. The summed E-state index contributed by atoms with van der Waals surface area (Å²) >= 11 is 0. The first-order chi connectivity index (χ1) is 14.0. The highest BCUT2D eigenvalue weighted by Crippen LogP contribution is 2.44. The van der Waals surface area contributed by atoms with Crippen LogP contribution < -0.4 is 5.32 Å². The minimum absolute atomic E-state index is 0.112. The second kappa shape index (κ2) is 7.85. The number of hydrogen-bond acceptors (Lipinski definition) is 6. The third-order valence-corrected chi connectivity index (χ3v) is 5.48. The number of benzene rings is 1. The molecule has 0 fully saturated rings. The van der Waals surface area contributed by atoms with E-state index in [-0.39, 0.29) is 12.6 Å². The van der Waals surface area contributed by atoms with E-state index in [1.165, 1.54) is 7.11 Å². The Labute approximate surface area is 169 Å². The maximum Gasteiger partial charge on any atom is 0.332 e. The van der Waals surface area contributed by atoms with Crippen molar-refractivity contribution in [2.75, 3.05) is 26.1 Å². The van der Waals surface area contributed by atoms with E-state index in [9.17, 15) is 4.79 Å². The zero-order valence-electron chi connectivity index (χ0n) is 17.0. The number of rotatable bonds is 5. The molecule has 1 aliphatic heterocycles. The van der Waals surface area contributed by atoms with Crippen LogP contribution in [0.3, 0.4) is 0 Å². The van der Waals surface area contributed by atoms with Crippen LogP contribution in [-0.2, 0) is 19.0 Å². The van der Waals surface area contributed by atoms with Crippen LogP contribution in [0.2, 0.25) is 0 Å². The molecule has 0 saturated heterocycles. The number of carbonyl (C=O) groups is 1. The van der Waals surface area contributed by atoms with Crippen molar-refractivity contribution >= 4 is 17.3 Å². The van der Waals surface area contributed by atoms with Crippen LogP contribution in [0.1, 0.15) is 34.7 Å². The van der Waals surface area contributed by atoms with Gasteiger partial charge in [0.25, 0.3) is 0 Å². The normalized spacial score (nSPS) is 20.9. The summed E-state index contributed by atoms with van der Waals surface area (Å²) in [6.07, 6.45) is 0.977. The number of aromatic nitrogens is 2. The fourth-order valence-electron chi connectivity index (χ4n) is 3.96. The van der Waals surface area contributed by atoms with Gasteiger partial charge in [0.1, 0.15) is 12.7 Å². The van der Waals surface area contributed by atoms with E-state index in [1.807, 2.05) is 56.4 Å². The predicted octanol–water partition coefficient (Wildman–Crippen LogP) is 3.36. The third-order valence-electron chi connectivity index (χ3n) is 5.48. The molecular weight excluding hydrogens is 370 g/mol. The molecule has 3 aromatic rings. The summed E-state index contributed by atoms with van der Waals surface area (Å²) in [6, 6.07) is 11.6. The Balaban J connectivity index is 1.86. The van der Waals surface area contributed by atoms with Gasteiger partial charge in [-0.05, 0) is 25.5 Å². The predicted molar refractivity (Wildman–Crippen MR) is 109 cm³/mol. The van der Waals surface area contributed by atoms with Gasteiger partial charge in [-0.3, -0.25) is 0 Å². The zero-order chi connectivity index (χ0) is 20.5. The molecule has 1 aliphatic rings. The molecule has 0 bridgehead atoms. The van der Waals surface area contributed by atoms with E-state index < -0.39 is 18.2 Å². The number of aryl methyl sites for hydroxylation is 2. The van der Waals surface area contributed by atoms with E-state index in [0.717, 1.165) is 33.8 Å². The molecular formula is C22H25N3O4. The molecule has 1 N–H and O–H groups in total. The van der Waals surface area contributed by atoms with Crippen molar-refractivity contribution in [3.05, 3.63) is 65.1 Å². The molecule has 0 spiro atoms. The maximum absolute atomic E-state index is 12.3. The summed E-state index contributed by atoms with van der Waals surface area (Å²) in [5.74, 6) is -0.431. The van der Waals surface area contributed by atoms with Crippen LogP contribution in [0.4, 0.5) is 5.69 Å². The van der Waals surface area contributed by atoms with E-state index in [4.69, 9.17) is 19.2 Å². The second-order valence-corrected chi connectivity index (χ2v) is 7.20. The first-order valence-corrected chi connectivity index (χ1v) is 9.56. The highest BCUT2D eigenvalue weighted by atomic mass is 16.6. The number of esters is 1. The SMILES string of the molecule is COCC(=O)OC1C(c2ccccc2)Nc2c(ccn3c(C)c(C)nc23)C1OC. The van der Waals surface area contributed by atoms with Crippen molar-refractivity contribution < 1.29 is 19.0 Å². The van der Waals surface area contributed by atoms with Crippen molar-refractivity contribution in [2.24, 2.45) is 0 Å². The van der Waals surface area contributed by atoms with E-state index >= 15 is 0 Å². The Morgan fingerprint density at radius 3 is 2.62 bits per heavy atom. The highest BCUT2D eigenvalue weighted by Gasteiger charge is 2.41. The Morgan fingerprint density at radius 2 is 1.93 bits per heavy atom. The first kappa shape index (κ1) is 19.4. The summed E-state index contributed by atoms with van der Waals surface area (Å²) in [5, 5.41) is 3.58. The van der Waals surface area contributed by atoms with E-state index in [2.05, 4.69) is 9.72 Å². The lowest BCUT2D eigenvalue weighted by Crippen LogP contribution is -2.41. The summed E-state index contributed by atoms with van der Waals surface area (Å²) in [6.45, 7) is 3.93. The minimum Gasteiger partial charge on any atom is -0.455 e. The number of carbonyl (C=O) groups excluding carboxylic acids is 1. The number of anilines is 1. The summed E-state index contributed by atoms with van der Waals surface area (Å²) in [4.78, 5) is 17.0. The molecule has 7 nitrogen and oxygen atoms in total. The molecule has 0 amide bonds. The molecule has 3 heterocycles. The van der Waals surface area contributed by atoms with Crippen molar-refractivity contribution in [3.63, 3.8) is 0 Å². The number of methoxy groups -OCH3 is 2. The summed E-state index contributed by atoms with van der Waals surface area (Å²) in [7, 11) is 3.10. The number of nitrogens with zero attached hydrogens (tertiary/aromatic N) is 2. The molecule has 3 atom stereocenters. The van der Waals surface area contributed by atoms with Crippen LogP contribution in [-0.4, -0.2) is 42.3 Å². The smallest absolute Gasteiger partial charge is 0.332 e. The van der Waals surface area contributed by atoms with E-state index in [1.54, 1.807) is 7.11 Å². The Hall–Kier alpha value is -2.90. The molecule has 0 radical (unpaired) electrons. The molecule has 7 heteroatoms. The van der Waals surface area contributed by atoms with Gasteiger partial charge < -0.3 is 23.9 Å². The Bertz CT molecular complexity index is 1030. The number of fused-ring (bicyclic) bond motifs is 3. The molecule has 4 rings (SSSR count). The summed E-state index contributed by atoms with van der Waals surface area (Å²) in [5.41, 5.74) is 5.69. The lowest BCUT2D eigenvalue weighted by atomic mass is 9.88. The number of pyridine rings is 1. The molecule has 3 unspecified atom stereocenters. The molecule has 0 aliphatic carbocycles. The number of imidazole rings is 1. The standard InChI is InChI=1S/C22H25N3O4/c1-13-14(2)25-11-10-16-19(22(25)23-13)24-18(15-8-6-5-7-9-15)21(20(16)28-4)29-17(26)12-27-3/h5-11,18,20-21,24H,12H2,1-4H3. The topological polar surface area (TPSA) is 74.1 Å². The fourth-order valence-corrected chi connectivity index (χ4v) is 3.96. The van der Waals surface area contributed by atoms with Crippen molar-refractivity contribution in [2.45, 2.75) is 32.1 Å². The minimum atomic E-state index is -0.558. The van der Waals surface area contributed by atoms with Gasteiger partial charge >= 0.3 is 5.97 Å². The van der Waals surface area contributed by atoms with Crippen LogP contribution in [0, 0.1) is 13.8 Å². The van der Waals surface area contributed by atoms with Gasteiger partial charge in [0.2, 0.25) is 0 Å². The second-order valence-electron chi connectivity index (χ2n) is 7.20. The quantitative estimate of drug-likeness (QED) is 0.668. The number of nitrogens with one attached hydrogen (secondary N) is 1. The van der Waals surface area contributed by atoms with Crippen LogP contribution >= 0.6 is 0 Å². The van der Waals surface area contributed by atoms with Crippen molar-refractivity contribution in [1.82, 2.24) is 9.38 Å². The largest absolute Gasteiger partial charge is 0.455 e. The van der Waals surface area contributed by atoms with E-state index in [0.29, 0.717) is 0 Å². The maximum atomic E-state index is 12.3. The van der Waals surface area contributed by atoms with Crippen LogP contribution in [0.25, 0.3) is 5.65 Å². The average Bonchev–Trinajstić information content (AvgIpc) is 3.02. The first-order valence-electron chi connectivity index (χ1n) is 9.56. The number of ether oxygens (including phenoxy) is 3. The van der Waals surface area contributed by atoms with Gasteiger partial charge in [-0.1, -0.05) is 30.3 Å². The average molecular weight is 395 g/mol. The summed E-state index contributed by atoms with van der Waals surface area (Å²) < 4.78 is 18.7. The monoisotopic (exact) mass is 395 g/mol. The van der Waals surface area contributed by atoms with Gasteiger partial charge in [0.05, 0.1) is 17.4 Å². The Kier molecular flexibility index (Phi) is 5.25. The van der Waals surface area contributed by atoms with Gasteiger partial charge in [0, 0.05) is 31.7 Å². The van der Waals surface area contributed by atoms with Gasteiger partial charge in [-0.15, -0.1) is 0 Å². The van der Waals surface area contributed by atoms with Crippen LogP contribution in [0.15, 0.2) is 42.6 Å². The lowest BCUT2D eigenvalue weighted by molar-refractivity contribution is -0.163. The molecule has 152 valence electrons. The molecule has 1 aromatic carbocycles. The molecule has 29 heavy (non-hydrogen) atoms. The highest BCUT2D eigenvalue weighted by molar-refractivity contribution is 5.76. The molecule has 2 aromatic heterocycles. The van der Waals surface area contributed by atoms with Gasteiger partial charge in [-0.25, -0.2) is 9.78 Å². The lowest BCUT2D eigenvalue weighted by Gasteiger charge is -2.39. The molecule has 0 saturated carbocycles. The number of hydrogen-bond donors (Lipinski definition) is 1. The van der Waals surface area contributed by atoms with Crippen molar-refractivity contribution in [1.29, 1.82) is 0 Å². The third kappa shape index (κ3) is 3.36. The van der Waals surface area contributed by atoms with Crippen molar-refractivity contribution in [3.8, 4) is 0 Å². The Morgan fingerprint density at radius 1 is 1.17 bits per heavy atom. The van der Waals surface area contributed by atoms with Gasteiger partial charge in [-0.2, -0.15) is 0 Å². The van der Waals surface area contributed by atoms with Crippen LogP contribution in [0.5, 0.6) is 0 Å².